The molecule has 10 aromatic rings. The summed E-state index contributed by atoms with van der Waals surface area (Å²) in [7, 11) is 0. The van der Waals surface area contributed by atoms with Gasteiger partial charge < -0.3 is 4.57 Å². The summed E-state index contributed by atoms with van der Waals surface area (Å²) in [6.45, 7) is 15.9. The van der Waals surface area contributed by atoms with Crippen LogP contribution in [-0.2, 0) is 10.8 Å². The molecule has 0 aliphatic heterocycles. The lowest BCUT2D eigenvalue weighted by molar-refractivity contribution is 0.590. The first kappa shape index (κ1) is 34.3. The van der Waals surface area contributed by atoms with Crippen LogP contribution < -0.4 is 0 Å². The second-order valence-corrected chi connectivity index (χ2v) is 17.9. The van der Waals surface area contributed by atoms with Crippen LogP contribution >= 0.6 is 0 Å². The molecule has 0 aliphatic rings. The quantitative estimate of drug-likeness (QED) is 0.160. The van der Waals surface area contributed by atoms with Gasteiger partial charge in [-0.25, -0.2) is 0 Å². The van der Waals surface area contributed by atoms with E-state index in [1.165, 1.54) is 110 Å². The first-order valence-corrected chi connectivity index (χ1v) is 20.0. The maximum atomic E-state index is 2.45. The SMILES string of the molecule is Cc1cccc2c1c1ccccc1n2-c1cccc(-c2cc(-c3ccc(C(C)(C)C)cc3)c3ccc4ccc(-c5ccc(C(C)(C)C)cc5)c5ccc2c3c45)c1. The van der Waals surface area contributed by atoms with E-state index in [9.17, 15) is 0 Å². The minimum atomic E-state index is 0.0830. The van der Waals surface area contributed by atoms with Gasteiger partial charge in [-0.3, -0.25) is 0 Å². The summed E-state index contributed by atoms with van der Waals surface area (Å²) in [6.07, 6.45) is 0. The lowest BCUT2D eigenvalue weighted by Gasteiger charge is -2.22. The van der Waals surface area contributed by atoms with Crippen LogP contribution in [0.2, 0.25) is 0 Å². The fraction of sp³-hybridized carbons (Fsp3) is 0.164. The van der Waals surface area contributed by atoms with Crippen LogP contribution in [0.4, 0.5) is 0 Å². The van der Waals surface area contributed by atoms with Crippen molar-refractivity contribution in [2.24, 2.45) is 0 Å². The van der Waals surface area contributed by atoms with Gasteiger partial charge in [-0.15, -0.1) is 0 Å². The van der Waals surface area contributed by atoms with Gasteiger partial charge in [0.15, 0.2) is 0 Å². The van der Waals surface area contributed by atoms with Gasteiger partial charge in [-0.1, -0.05) is 169 Å². The number of hydrogen-bond donors (Lipinski definition) is 0. The Morgan fingerprint density at radius 1 is 0.375 bits per heavy atom. The Hall–Kier alpha value is -6.18. The maximum absolute atomic E-state index is 2.45. The smallest absolute Gasteiger partial charge is 0.0543 e. The number of hydrogen-bond acceptors (Lipinski definition) is 0. The normalized spacial score (nSPS) is 12.6. The van der Waals surface area contributed by atoms with Crippen molar-refractivity contribution in [2.45, 2.75) is 59.3 Å². The molecule has 0 unspecified atom stereocenters. The number of nitrogens with zero attached hydrogens (tertiary/aromatic N) is 1. The van der Waals surface area contributed by atoms with Crippen molar-refractivity contribution in [1.29, 1.82) is 0 Å². The minimum absolute atomic E-state index is 0.0830. The number of aryl methyl sites for hydroxylation is 1. The zero-order chi connectivity index (χ0) is 38.5. The Bertz CT molecular complexity index is 3120. The van der Waals surface area contributed by atoms with E-state index in [4.69, 9.17) is 0 Å². The molecule has 1 heterocycles. The molecule has 0 aliphatic carbocycles. The highest BCUT2D eigenvalue weighted by atomic mass is 15.0. The van der Waals surface area contributed by atoms with E-state index >= 15 is 0 Å². The topological polar surface area (TPSA) is 4.93 Å². The van der Waals surface area contributed by atoms with Gasteiger partial charge in [0, 0.05) is 16.5 Å². The van der Waals surface area contributed by atoms with Crippen molar-refractivity contribution in [3.05, 3.63) is 174 Å². The average Bonchev–Trinajstić information content (AvgIpc) is 3.54. The molecule has 0 radical (unpaired) electrons. The number of fused-ring (bicyclic) bond motifs is 3. The summed E-state index contributed by atoms with van der Waals surface area (Å²) in [5.74, 6) is 0. The molecule has 1 heteroatoms. The number of benzene rings is 9. The van der Waals surface area contributed by atoms with Crippen molar-refractivity contribution in [3.8, 4) is 39.1 Å². The molecule has 272 valence electrons. The van der Waals surface area contributed by atoms with Crippen molar-refractivity contribution in [3.63, 3.8) is 0 Å². The third-order valence-corrected chi connectivity index (χ3v) is 12.2. The number of para-hydroxylation sites is 1. The summed E-state index contributed by atoms with van der Waals surface area (Å²) < 4.78 is 2.44. The van der Waals surface area contributed by atoms with Crippen molar-refractivity contribution in [1.82, 2.24) is 4.57 Å². The fourth-order valence-electron chi connectivity index (χ4n) is 9.22. The lowest BCUT2D eigenvalue weighted by Crippen LogP contribution is -2.10. The predicted octanol–water partition coefficient (Wildman–Crippen LogP) is 15.6. The Labute approximate surface area is 330 Å². The first-order chi connectivity index (χ1) is 27.0. The highest BCUT2D eigenvalue weighted by molar-refractivity contribution is 6.30. The van der Waals surface area contributed by atoms with Gasteiger partial charge in [0.2, 0.25) is 0 Å². The summed E-state index contributed by atoms with van der Waals surface area (Å²) in [5, 5.41) is 10.4. The molecule has 1 aromatic heterocycles. The van der Waals surface area contributed by atoms with Crippen LogP contribution in [0.15, 0.2) is 158 Å². The van der Waals surface area contributed by atoms with Gasteiger partial charge >= 0.3 is 0 Å². The summed E-state index contributed by atoms with van der Waals surface area (Å²) in [6, 6.07) is 59.7. The third kappa shape index (κ3) is 5.36. The van der Waals surface area contributed by atoms with Crippen LogP contribution in [0.3, 0.4) is 0 Å². The van der Waals surface area contributed by atoms with E-state index in [1.54, 1.807) is 0 Å². The molecule has 1 nitrogen and oxygen atoms in total. The third-order valence-electron chi connectivity index (χ3n) is 12.2. The van der Waals surface area contributed by atoms with Crippen LogP contribution in [0, 0.1) is 6.92 Å². The molecule has 0 saturated carbocycles. The molecular formula is C55H47N. The zero-order valence-corrected chi connectivity index (χ0v) is 33.5. The summed E-state index contributed by atoms with van der Waals surface area (Å²) in [4.78, 5) is 0. The molecular weight excluding hydrogens is 675 g/mol. The Kier molecular flexibility index (Phi) is 7.61. The van der Waals surface area contributed by atoms with Gasteiger partial charge in [-0.2, -0.15) is 0 Å². The van der Waals surface area contributed by atoms with Crippen LogP contribution in [0.25, 0.3) is 93.2 Å². The van der Waals surface area contributed by atoms with Crippen LogP contribution in [0.5, 0.6) is 0 Å². The predicted molar refractivity (Wildman–Crippen MR) is 243 cm³/mol. The molecule has 0 atom stereocenters. The minimum Gasteiger partial charge on any atom is -0.309 e. The number of rotatable bonds is 4. The highest BCUT2D eigenvalue weighted by Crippen LogP contribution is 2.47. The molecule has 0 N–H and O–H groups in total. The average molecular weight is 722 g/mol. The van der Waals surface area contributed by atoms with Crippen LogP contribution in [-0.4, -0.2) is 4.57 Å². The van der Waals surface area contributed by atoms with E-state index in [0.29, 0.717) is 0 Å². The second kappa shape index (κ2) is 12.4. The van der Waals surface area contributed by atoms with Gasteiger partial charge in [0.05, 0.1) is 11.0 Å². The van der Waals surface area contributed by atoms with E-state index in [1.807, 2.05) is 0 Å². The van der Waals surface area contributed by atoms with Crippen molar-refractivity contribution in [2.75, 3.05) is 0 Å². The van der Waals surface area contributed by atoms with Gasteiger partial charge in [0.1, 0.15) is 0 Å². The monoisotopic (exact) mass is 721 g/mol. The largest absolute Gasteiger partial charge is 0.309 e. The maximum Gasteiger partial charge on any atom is 0.0543 e. The molecule has 0 saturated heterocycles. The summed E-state index contributed by atoms with van der Waals surface area (Å²) in [5.41, 5.74) is 15.3. The molecule has 9 aromatic carbocycles. The number of aromatic nitrogens is 1. The molecule has 56 heavy (non-hydrogen) atoms. The van der Waals surface area contributed by atoms with Crippen molar-refractivity contribution < 1.29 is 0 Å². The zero-order valence-electron chi connectivity index (χ0n) is 33.5. The molecule has 10 rings (SSSR count). The van der Waals surface area contributed by atoms with Gasteiger partial charge in [-0.05, 0) is 130 Å². The fourth-order valence-corrected chi connectivity index (χ4v) is 9.22. The van der Waals surface area contributed by atoms with Crippen LogP contribution in [0.1, 0.15) is 58.2 Å². The Balaban J connectivity index is 1.25. The summed E-state index contributed by atoms with van der Waals surface area (Å²) >= 11 is 0. The Morgan fingerprint density at radius 3 is 1.61 bits per heavy atom. The second-order valence-electron chi connectivity index (χ2n) is 17.9. The van der Waals surface area contributed by atoms with Gasteiger partial charge in [0.25, 0.3) is 0 Å². The molecule has 0 amide bonds. The van der Waals surface area contributed by atoms with Crippen molar-refractivity contribution >= 4 is 54.1 Å². The van der Waals surface area contributed by atoms with E-state index < -0.39 is 0 Å². The lowest BCUT2D eigenvalue weighted by atomic mass is 9.82. The first-order valence-electron chi connectivity index (χ1n) is 20.0. The van der Waals surface area contributed by atoms with E-state index in [2.05, 4.69) is 211 Å². The Morgan fingerprint density at radius 2 is 0.929 bits per heavy atom. The molecule has 0 spiro atoms. The molecule has 0 fully saturated rings. The standard InChI is InChI=1S/C55H47N/c1-34-12-10-17-50-51(34)46-15-8-9-16-49(46)56(50)41-14-11-13-38(32-41)48-33-47(36-20-26-40(27-21-36)55(5,6)7)44-29-23-37-22-28-42(43-30-31-45(48)53(44)52(37)43)35-18-24-39(25-19-35)54(2,3)4/h8-33H,1-7H3. The molecule has 0 bridgehead atoms. The highest BCUT2D eigenvalue weighted by Gasteiger charge is 2.21. The van der Waals surface area contributed by atoms with E-state index in [0.717, 1.165) is 0 Å². The van der Waals surface area contributed by atoms with E-state index in [-0.39, 0.29) is 10.8 Å².